The number of hydrogen-bond acceptors (Lipinski definition) is 3. The lowest BCUT2D eigenvalue weighted by molar-refractivity contribution is 0.420. The molecule has 0 atom stereocenters. The summed E-state index contributed by atoms with van der Waals surface area (Å²) < 4.78 is 0. The molecule has 0 aliphatic heterocycles. The fraction of sp³-hybridized carbons (Fsp3) is 0.462. The van der Waals surface area contributed by atoms with E-state index in [1.54, 1.807) is 6.07 Å². The van der Waals surface area contributed by atoms with Crippen LogP contribution < -0.4 is 0 Å². The van der Waals surface area contributed by atoms with E-state index in [4.69, 9.17) is 0 Å². The zero-order chi connectivity index (χ0) is 12.1. The van der Waals surface area contributed by atoms with Gasteiger partial charge in [-0.25, -0.2) is 0 Å². The average Bonchev–Trinajstić information content (AvgIpc) is 2.21. The molecule has 0 fully saturated rings. The molecule has 1 N–H and O–H groups in total. The van der Waals surface area contributed by atoms with Crippen LogP contribution in [0.15, 0.2) is 23.2 Å². The quantitative estimate of drug-likeness (QED) is 0.788. The number of nitrogens with zero attached hydrogens (tertiary/aromatic N) is 2. The first kappa shape index (κ1) is 12.7. The van der Waals surface area contributed by atoms with Crippen molar-refractivity contribution in [3.63, 3.8) is 0 Å². The maximum atomic E-state index is 9.72. The van der Waals surface area contributed by atoms with Gasteiger partial charge in [-0.05, 0) is 40.1 Å². The van der Waals surface area contributed by atoms with Crippen LogP contribution in [-0.2, 0) is 0 Å². The van der Waals surface area contributed by atoms with Gasteiger partial charge in [0.15, 0.2) is 0 Å². The summed E-state index contributed by atoms with van der Waals surface area (Å²) in [5, 5.41) is 9.72. The third-order valence-corrected chi connectivity index (χ3v) is 2.44. The van der Waals surface area contributed by atoms with Crippen LogP contribution in [0.3, 0.4) is 0 Å². The number of rotatable bonds is 4. The Morgan fingerprint density at radius 3 is 2.69 bits per heavy atom. The summed E-state index contributed by atoms with van der Waals surface area (Å²) in [6, 6.07) is 5.57. The summed E-state index contributed by atoms with van der Waals surface area (Å²) in [5.41, 5.74) is 2.86. The summed E-state index contributed by atoms with van der Waals surface area (Å²) in [6.07, 6.45) is 0. The Morgan fingerprint density at radius 1 is 1.38 bits per heavy atom. The van der Waals surface area contributed by atoms with Crippen molar-refractivity contribution in [1.82, 2.24) is 4.90 Å². The van der Waals surface area contributed by atoms with Crippen molar-refractivity contribution in [2.24, 2.45) is 4.99 Å². The molecule has 0 radical (unpaired) electrons. The maximum absolute atomic E-state index is 9.72. The molecular formula is C13H20N2O. The predicted molar refractivity (Wildman–Crippen MR) is 68.5 cm³/mol. The Balaban J connectivity index is 2.79. The molecule has 3 heteroatoms. The minimum absolute atomic E-state index is 0.303. The Labute approximate surface area is 97.4 Å². The lowest BCUT2D eigenvalue weighted by Crippen LogP contribution is -2.16. The number of likely N-dealkylation sites (N-methyl/N-ethyl adjacent to an activating group) is 1. The molecule has 0 heterocycles. The first-order chi connectivity index (χ1) is 7.50. The second-order valence-corrected chi connectivity index (χ2v) is 4.29. The minimum Gasteiger partial charge on any atom is -0.507 e. The molecule has 3 nitrogen and oxygen atoms in total. The molecule has 1 aromatic rings. The first-order valence-electron chi connectivity index (χ1n) is 5.46. The molecule has 0 unspecified atom stereocenters. The second kappa shape index (κ2) is 5.66. The number of hydrogen-bond donors (Lipinski definition) is 1. The molecule has 88 valence electrons. The molecule has 0 bridgehead atoms. The largest absolute Gasteiger partial charge is 0.507 e. The van der Waals surface area contributed by atoms with Crippen molar-refractivity contribution in [3.05, 3.63) is 29.3 Å². The fourth-order valence-electron chi connectivity index (χ4n) is 1.44. The van der Waals surface area contributed by atoms with Crippen LogP contribution >= 0.6 is 0 Å². The molecule has 0 saturated carbocycles. The van der Waals surface area contributed by atoms with Gasteiger partial charge in [0.2, 0.25) is 0 Å². The zero-order valence-corrected chi connectivity index (χ0v) is 10.5. The highest BCUT2D eigenvalue weighted by atomic mass is 16.3. The third-order valence-electron chi connectivity index (χ3n) is 2.44. The average molecular weight is 220 g/mol. The number of phenolic OH excluding ortho intramolecular Hbond substituents is 1. The molecule has 0 aliphatic carbocycles. The van der Waals surface area contributed by atoms with Gasteiger partial charge in [0, 0.05) is 17.8 Å². The van der Waals surface area contributed by atoms with Crippen LogP contribution in [0.2, 0.25) is 0 Å². The van der Waals surface area contributed by atoms with Crippen molar-refractivity contribution in [1.29, 1.82) is 0 Å². The molecule has 0 aliphatic rings. The van der Waals surface area contributed by atoms with Gasteiger partial charge in [-0.2, -0.15) is 0 Å². The highest BCUT2D eigenvalue weighted by Crippen LogP contribution is 2.18. The molecule has 1 rings (SSSR count). The highest BCUT2D eigenvalue weighted by Gasteiger charge is 2.04. The lowest BCUT2D eigenvalue weighted by atomic mass is 10.1. The van der Waals surface area contributed by atoms with Crippen molar-refractivity contribution >= 4 is 5.71 Å². The summed E-state index contributed by atoms with van der Waals surface area (Å²) in [7, 11) is 4.05. The van der Waals surface area contributed by atoms with Gasteiger partial charge in [0.1, 0.15) is 5.75 Å². The molecule has 0 aromatic heterocycles. The summed E-state index contributed by atoms with van der Waals surface area (Å²) in [4.78, 5) is 6.54. The minimum atomic E-state index is 0.303. The van der Waals surface area contributed by atoms with Crippen LogP contribution in [0, 0.1) is 6.92 Å². The molecule has 1 aromatic carbocycles. The molecule has 0 spiro atoms. The smallest absolute Gasteiger partial charge is 0.124 e. The van der Waals surface area contributed by atoms with Gasteiger partial charge in [-0.3, -0.25) is 4.99 Å². The van der Waals surface area contributed by atoms with E-state index in [1.165, 1.54) is 0 Å². The van der Waals surface area contributed by atoms with Crippen molar-refractivity contribution in [2.75, 3.05) is 27.2 Å². The van der Waals surface area contributed by atoms with E-state index in [2.05, 4.69) is 9.89 Å². The zero-order valence-electron chi connectivity index (χ0n) is 10.5. The Morgan fingerprint density at radius 2 is 2.06 bits per heavy atom. The van der Waals surface area contributed by atoms with E-state index in [1.807, 2.05) is 40.1 Å². The number of benzene rings is 1. The third kappa shape index (κ3) is 3.66. The van der Waals surface area contributed by atoms with Gasteiger partial charge in [0.05, 0.1) is 6.54 Å². The van der Waals surface area contributed by atoms with Crippen molar-refractivity contribution < 1.29 is 5.11 Å². The van der Waals surface area contributed by atoms with Crippen molar-refractivity contribution in [3.8, 4) is 5.75 Å². The van der Waals surface area contributed by atoms with Crippen LogP contribution in [0.4, 0.5) is 0 Å². The van der Waals surface area contributed by atoms with Gasteiger partial charge in [-0.15, -0.1) is 0 Å². The molecular weight excluding hydrogens is 200 g/mol. The van der Waals surface area contributed by atoms with E-state index < -0.39 is 0 Å². The Hall–Kier alpha value is -1.35. The second-order valence-electron chi connectivity index (χ2n) is 4.29. The van der Waals surface area contributed by atoms with E-state index in [-0.39, 0.29) is 0 Å². The Bertz CT molecular complexity index is 384. The predicted octanol–water partition coefficient (Wildman–Crippen LogP) is 2.07. The monoisotopic (exact) mass is 220 g/mol. The number of aryl methyl sites for hydroxylation is 1. The topological polar surface area (TPSA) is 35.8 Å². The summed E-state index contributed by atoms with van der Waals surface area (Å²) in [5.74, 6) is 0.303. The van der Waals surface area contributed by atoms with E-state index in [9.17, 15) is 5.11 Å². The normalized spacial score (nSPS) is 12.2. The van der Waals surface area contributed by atoms with Gasteiger partial charge in [0.25, 0.3) is 0 Å². The Kier molecular flexibility index (Phi) is 4.50. The van der Waals surface area contributed by atoms with Crippen molar-refractivity contribution in [2.45, 2.75) is 13.8 Å². The van der Waals surface area contributed by atoms with E-state index in [0.29, 0.717) is 5.75 Å². The van der Waals surface area contributed by atoms with Crippen LogP contribution in [0.5, 0.6) is 5.75 Å². The molecule has 0 amide bonds. The summed E-state index contributed by atoms with van der Waals surface area (Å²) in [6.45, 7) is 5.62. The van der Waals surface area contributed by atoms with E-state index in [0.717, 1.165) is 29.9 Å². The number of phenols is 1. The fourth-order valence-corrected chi connectivity index (χ4v) is 1.44. The van der Waals surface area contributed by atoms with Gasteiger partial charge in [-0.1, -0.05) is 11.6 Å². The lowest BCUT2D eigenvalue weighted by Gasteiger charge is -2.08. The molecule has 0 saturated heterocycles. The van der Waals surface area contributed by atoms with Gasteiger partial charge >= 0.3 is 0 Å². The number of aromatic hydroxyl groups is 1. The highest BCUT2D eigenvalue weighted by molar-refractivity contribution is 6.01. The SMILES string of the molecule is CC(=NCCN(C)C)c1cc(C)ccc1O. The number of aliphatic imine (C=N–C) groups is 1. The first-order valence-corrected chi connectivity index (χ1v) is 5.46. The van der Waals surface area contributed by atoms with E-state index >= 15 is 0 Å². The standard InChI is InChI=1S/C13H20N2O/c1-10-5-6-13(16)12(9-10)11(2)14-7-8-15(3)4/h5-6,9,16H,7-8H2,1-4H3. The van der Waals surface area contributed by atoms with Crippen LogP contribution in [0.1, 0.15) is 18.1 Å². The van der Waals surface area contributed by atoms with Crippen LogP contribution in [0.25, 0.3) is 0 Å². The van der Waals surface area contributed by atoms with Gasteiger partial charge < -0.3 is 10.0 Å². The maximum Gasteiger partial charge on any atom is 0.124 e. The van der Waals surface area contributed by atoms with Crippen LogP contribution in [-0.4, -0.2) is 42.9 Å². The molecule has 16 heavy (non-hydrogen) atoms. The summed E-state index contributed by atoms with van der Waals surface area (Å²) >= 11 is 0.